The van der Waals surface area contributed by atoms with Gasteiger partial charge in [-0.25, -0.2) is 0 Å². The number of hydrogen-bond donors (Lipinski definition) is 0. The Morgan fingerprint density at radius 3 is 3.00 bits per heavy atom. The molecule has 0 radical (unpaired) electrons. The summed E-state index contributed by atoms with van der Waals surface area (Å²) in [4.78, 5) is 16.1. The lowest BCUT2D eigenvalue weighted by atomic mass is 9.93. The Labute approximate surface area is 99.6 Å². The minimum absolute atomic E-state index is 0.148. The lowest BCUT2D eigenvalue weighted by Crippen LogP contribution is -2.36. The van der Waals surface area contributed by atoms with Crippen molar-refractivity contribution in [3.63, 3.8) is 0 Å². The van der Waals surface area contributed by atoms with Gasteiger partial charge in [-0.15, -0.1) is 11.8 Å². The molecule has 1 aliphatic rings. The van der Waals surface area contributed by atoms with E-state index in [0.29, 0.717) is 0 Å². The topological polar surface area (TPSA) is 39.2 Å². The molecule has 0 bridgehead atoms. The van der Waals surface area contributed by atoms with Crippen LogP contribution in [0.1, 0.15) is 24.8 Å². The number of esters is 1. The SMILES string of the molecule is COC(=O)[C@@]1(c2cccnc2)CCCCS1. The van der Waals surface area contributed by atoms with Gasteiger partial charge < -0.3 is 4.74 Å². The fraction of sp³-hybridized carbons (Fsp3) is 0.500. The van der Waals surface area contributed by atoms with Crippen molar-refractivity contribution in [3.05, 3.63) is 30.1 Å². The first-order valence-electron chi connectivity index (χ1n) is 5.42. The van der Waals surface area contributed by atoms with E-state index >= 15 is 0 Å². The molecule has 2 rings (SSSR count). The molecule has 0 aliphatic carbocycles. The fourth-order valence-electron chi connectivity index (χ4n) is 2.07. The zero-order valence-electron chi connectivity index (χ0n) is 9.31. The summed E-state index contributed by atoms with van der Waals surface area (Å²) in [7, 11) is 1.45. The van der Waals surface area contributed by atoms with Crippen molar-refractivity contribution in [2.24, 2.45) is 0 Å². The smallest absolute Gasteiger partial charge is 0.326 e. The van der Waals surface area contributed by atoms with Crippen molar-refractivity contribution in [1.29, 1.82) is 0 Å². The highest BCUT2D eigenvalue weighted by Crippen LogP contribution is 2.45. The number of nitrogens with zero attached hydrogens (tertiary/aromatic N) is 1. The summed E-state index contributed by atoms with van der Waals surface area (Å²) >= 11 is 1.68. The quantitative estimate of drug-likeness (QED) is 0.740. The van der Waals surface area contributed by atoms with Crippen molar-refractivity contribution >= 4 is 17.7 Å². The molecular formula is C12H15NO2S. The zero-order valence-corrected chi connectivity index (χ0v) is 10.1. The van der Waals surface area contributed by atoms with Crippen molar-refractivity contribution in [2.45, 2.75) is 24.0 Å². The Hall–Kier alpha value is -1.03. The Bertz CT molecular complexity index is 361. The van der Waals surface area contributed by atoms with Crippen LogP contribution in [-0.2, 0) is 14.3 Å². The monoisotopic (exact) mass is 237 g/mol. The fourth-order valence-corrected chi connectivity index (χ4v) is 3.54. The molecular weight excluding hydrogens is 222 g/mol. The largest absolute Gasteiger partial charge is 0.468 e. The van der Waals surface area contributed by atoms with E-state index in [4.69, 9.17) is 4.74 Å². The Morgan fingerprint density at radius 2 is 2.44 bits per heavy atom. The Morgan fingerprint density at radius 1 is 1.56 bits per heavy atom. The standard InChI is InChI=1S/C12H15NO2S/c1-15-11(14)12(6-2-3-8-16-12)10-5-4-7-13-9-10/h4-5,7,9H,2-3,6,8H2,1H3/t12-/m0/s1. The molecule has 0 unspecified atom stereocenters. The second kappa shape index (κ2) is 4.87. The number of methoxy groups -OCH3 is 1. The number of carbonyl (C=O) groups is 1. The molecule has 0 aromatic carbocycles. The van der Waals surface area contributed by atoms with Gasteiger partial charge >= 0.3 is 5.97 Å². The molecule has 3 nitrogen and oxygen atoms in total. The molecule has 4 heteroatoms. The van der Waals surface area contributed by atoms with Gasteiger partial charge in [0.1, 0.15) is 4.75 Å². The minimum Gasteiger partial charge on any atom is -0.468 e. The summed E-state index contributed by atoms with van der Waals surface area (Å²) in [6, 6.07) is 3.83. The lowest BCUT2D eigenvalue weighted by Gasteiger charge is -2.33. The second-order valence-corrected chi connectivity index (χ2v) is 5.26. The molecule has 1 aliphatic heterocycles. The number of hydrogen-bond acceptors (Lipinski definition) is 4. The summed E-state index contributed by atoms with van der Waals surface area (Å²) in [6.07, 6.45) is 6.58. The summed E-state index contributed by atoms with van der Waals surface area (Å²) in [5, 5.41) is 0. The van der Waals surface area contributed by atoms with Gasteiger partial charge in [-0.05, 0) is 30.2 Å². The number of pyridine rings is 1. The maximum absolute atomic E-state index is 12.0. The molecule has 0 saturated carbocycles. The van der Waals surface area contributed by atoms with E-state index in [2.05, 4.69) is 4.98 Å². The van der Waals surface area contributed by atoms with E-state index in [-0.39, 0.29) is 5.97 Å². The average molecular weight is 237 g/mol. The van der Waals surface area contributed by atoms with Gasteiger partial charge in [0.05, 0.1) is 7.11 Å². The zero-order chi connectivity index (χ0) is 11.4. The van der Waals surface area contributed by atoms with Gasteiger partial charge in [0.25, 0.3) is 0 Å². The van der Waals surface area contributed by atoms with Crippen LogP contribution in [-0.4, -0.2) is 23.8 Å². The molecule has 0 spiro atoms. The molecule has 1 aromatic rings. The van der Waals surface area contributed by atoms with Crippen LogP contribution >= 0.6 is 11.8 Å². The Balaban J connectivity index is 2.38. The normalized spacial score (nSPS) is 25.1. The lowest BCUT2D eigenvalue weighted by molar-refractivity contribution is -0.144. The third-order valence-electron chi connectivity index (χ3n) is 2.91. The van der Waals surface area contributed by atoms with E-state index in [1.807, 2.05) is 12.1 Å². The first-order valence-corrected chi connectivity index (χ1v) is 6.41. The van der Waals surface area contributed by atoms with E-state index in [0.717, 1.165) is 24.2 Å². The van der Waals surface area contributed by atoms with Crippen LogP contribution in [0.3, 0.4) is 0 Å². The number of rotatable bonds is 2. The van der Waals surface area contributed by atoms with Crippen LogP contribution in [0, 0.1) is 0 Å². The highest BCUT2D eigenvalue weighted by Gasteiger charge is 2.43. The second-order valence-electron chi connectivity index (χ2n) is 3.87. The first kappa shape index (κ1) is 11.5. The molecule has 1 aromatic heterocycles. The maximum atomic E-state index is 12.0. The Kier molecular flexibility index (Phi) is 3.49. The summed E-state index contributed by atoms with van der Waals surface area (Å²) in [5.74, 6) is 0.856. The van der Waals surface area contributed by atoms with Gasteiger partial charge in [0.2, 0.25) is 0 Å². The van der Waals surface area contributed by atoms with Crippen molar-refractivity contribution in [1.82, 2.24) is 4.98 Å². The first-order chi connectivity index (χ1) is 7.79. The maximum Gasteiger partial charge on any atom is 0.326 e. The van der Waals surface area contributed by atoms with E-state index in [1.165, 1.54) is 13.5 Å². The van der Waals surface area contributed by atoms with E-state index in [1.54, 1.807) is 24.2 Å². The van der Waals surface area contributed by atoms with Crippen LogP contribution in [0.2, 0.25) is 0 Å². The average Bonchev–Trinajstić information content (AvgIpc) is 2.39. The van der Waals surface area contributed by atoms with E-state index < -0.39 is 4.75 Å². The number of carbonyl (C=O) groups excluding carboxylic acids is 1. The number of aromatic nitrogens is 1. The van der Waals surface area contributed by atoms with Crippen molar-refractivity contribution in [3.8, 4) is 0 Å². The predicted molar refractivity (Wildman–Crippen MR) is 64.2 cm³/mol. The van der Waals surface area contributed by atoms with Crippen LogP contribution < -0.4 is 0 Å². The summed E-state index contributed by atoms with van der Waals surface area (Å²) < 4.78 is 4.43. The summed E-state index contributed by atoms with van der Waals surface area (Å²) in [5.41, 5.74) is 0.964. The summed E-state index contributed by atoms with van der Waals surface area (Å²) in [6.45, 7) is 0. The van der Waals surface area contributed by atoms with Crippen LogP contribution in [0.25, 0.3) is 0 Å². The highest BCUT2D eigenvalue weighted by atomic mass is 32.2. The van der Waals surface area contributed by atoms with Crippen LogP contribution in [0.15, 0.2) is 24.5 Å². The number of thioether (sulfide) groups is 1. The van der Waals surface area contributed by atoms with Gasteiger partial charge in [-0.2, -0.15) is 0 Å². The van der Waals surface area contributed by atoms with Crippen molar-refractivity contribution < 1.29 is 9.53 Å². The number of ether oxygens (including phenoxy) is 1. The van der Waals surface area contributed by atoms with Gasteiger partial charge in [0.15, 0.2) is 0 Å². The molecule has 16 heavy (non-hydrogen) atoms. The molecule has 1 saturated heterocycles. The third kappa shape index (κ3) is 1.94. The van der Waals surface area contributed by atoms with Crippen LogP contribution in [0.5, 0.6) is 0 Å². The molecule has 1 atom stereocenters. The van der Waals surface area contributed by atoms with Crippen molar-refractivity contribution in [2.75, 3.05) is 12.9 Å². The minimum atomic E-state index is -0.527. The molecule has 86 valence electrons. The predicted octanol–water partition coefficient (Wildman–Crippen LogP) is 2.37. The van der Waals surface area contributed by atoms with Crippen LogP contribution in [0.4, 0.5) is 0 Å². The molecule has 1 fully saturated rings. The molecule has 0 N–H and O–H groups in total. The molecule has 2 heterocycles. The third-order valence-corrected chi connectivity index (χ3v) is 4.51. The highest BCUT2D eigenvalue weighted by molar-refractivity contribution is 8.01. The van der Waals surface area contributed by atoms with Gasteiger partial charge in [-0.3, -0.25) is 9.78 Å². The van der Waals surface area contributed by atoms with Gasteiger partial charge in [0, 0.05) is 12.4 Å². The molecule has 0 amide bonds. The van der Waals surface area contributed by atoms with E-state index in [9.17, 15) is 4.79 Å². The van der Waals surface area contributed by atoms with Gasteiger partial charge in [-0.1, -0.05) is 12.5 Å².